The number of aromatic nitrogens is 2. The molecule has 0 fully saturated rings. The molecule has 0 saturated heterocycles. The SMILES string of the molecule is C=C(C)C(=O)OCc1cn(-c2ccccc2)cn1. The lowest BCUT2D eigenvalue weighted by molar-refractivity contribution is -0.140. The van der Waals surface area contributed by atoms with Gasteiger partial charge in [0.1, 0.15) is 6.61 Å². The maximum Gasteiger partial charge on any atom is 0.333 e. The van der Waals surface area contributed by atoms with E-state index in [4.69, 9.17) is 4.74 Å². The van der Waals surface area contributed by atoms with Gasteiger partial charge in [0.05, 0.1) is 12.0 Å². The molecule has 0 aliphatic heterocycles. The van der Waals surface area contributed by atoms with Gasteiger partial charge in [0.2, 0.25) is 0 Å². The van der Waals surface area contributed by atoms with Gasteiger partial charge in [-0.3, -0.25) is 0 Å². The number of ether oxygens (including phenoxy) is 1. The second-order valence-corrected chi connectivity index (χ2v) is 3.96. The van der Waals surface area contributed by atoms with Crippen molar-refractivity contribution in [2.75, 3.05) is 0 Å². The van der Waals surface area contributed by atoms with E-state index < -0.39 is 5.97 Å². The van der Waals surface area contributed by atoms with E-state index in [9.17, 15) is 4.79 Å². The lowest BCUT2D eigenvalue weighted by Crippen LogP contribution is -2.04. The van der Waals surface area contributed by atoms with E-state index in [0.29, 0.717) is 11.3 Å². The molecule has 0 unspecified atom stereocenters. The first kappa shape index (κ1) is 12.1. The van der Waals surface area contributed by atoms with Crippen LogP contribution < -0.4 is 0 Å². The van der Waals surface area contributed by atoms with Gasteiger partial charge in [-0.2, -0.15) is 0 Å². The van der Waals surface area contributed by atoms with E-state index in [1.54, 1.807) is 13.3 Å². The topological polar surface area (TPSA) is 44.1 Å². The number of hydrogen-bond donors (Lipinski definition) is 0. The van der Waals surface area contributed by atoms with E-state index in [2.05, 4.69) is 11.6 Å². The molecule has 1 aromatic carbocycles. The summed E-state index contributed by atoms with van der Waals surface area (Å²) in [5, 5.41) is 0. The highest BCUT2D eigenvalue weighted by atomic mass is 16.5. The Balaban J connectivity index is 2.03. The van der Waals surface area contributed by atoms with Crippen molar-refractivity contribution < 1.29 is 9.53 Å². The molecule has 0 bridgehead atoms. The van der Waals surface area contributed by atoms with E-state index in [1.165, 1.54) is 0 Å². The summed E-state index contributed by atoms with van der Waals surface area (Å²) in [6, 6.07) is 9.82. The van der Waals surface area contributed by atoms with Crippen LogP contribution in [0, 0.1) is 0 Å². The maximum absolute atomic E-state index is 11.2. The molecule has 4 heteroatoms. The average molecular weight is 242 g/mol. The summed E-state index contributed by atoms with van der Waals surface area (Å²) in [6.45, 7) is 5.29. The highest BCUT2D eigenvalue weighted by Gasteiger charge is 2.06. The van der Waals surface area contributed by atoms with Crippen molar-refractivity contribution in [3.63, 3.8) is 0 Å². The predicted molar refractivity (Wildman–Crippen MR) is 68.2 cm³/mol. The van der Waals surface area contributed by atoms with Crippen LogP contribution >= 0.6 is 0 Å². The van der Waals surface area contributed by atoms with Crippen LogP contribution in [0.25, 0.3) is 5.69 Å². The summed E-state index contributed by atoms with van der Waals surface area (Å²) >= 11 is 0. The highest BCUT2D eigenvalue weighted by molar-refractivity contribution is 5.86. The third-order valence-corrected chi connectivity index (χ3v) is 2.39. The minimum Gasteiger partial charge on any atom is -0.456 e. The zero-order chi connectivity index (χ0) is 13.0. The van der Waals surface area contributed by atoms with Crippen LogP contribution in [0.1, 0.15) is 12.6 Å². The lowest BCUT2D eigenvalue weighted by atomic mass is 10.3. The van der Waals surface area contributed by atoms with Crippen LogP contribution in [-0.4, -0.2) is 15.5 Å². The second-order valence-electron chi connectivity index (χ2n) is 3.96. The number of rotatable bonds is 4. The fourth-order valence-electron chi connectivity index (χ4n) is 1.44. The van der Waals surface area contributed by atoms with Crippen LogP contribution in [0.2, 0.25) is 0 Å². The van der Waals surface area contributed by atoms with E-state index in [0.717, 1.165) is 5.69 Å². The zero-order valence-electron chi connectivity index (χ0n) is 10.2. The molecule has 0 radical (unpaired) electrons. The molecule has 0 aliphatic carbocycles. The summed E-state index contributed by atoms with van der Waals surface area (Å²) in [7, 11) is 0. The molecular weight excluding hydrogens is 228 g/mol. The Labute approximate surface area is 106 Å². The van der Waals surface area contributed by atoms with Gasteiger partial charge in [0.25, 0.3) is 0 Å². The van der Waals surface area contributed by atoms with Gasteiger partial charge in [0.15, 0.2) is 0 Å². The van der Waals surface area contributed by atoms with Crippen molar-refractivity contribution in [2.45, 2.75) is 13.5 Å². The number of benzene rings is 1. The number of carbonyl (C=O) groups is 1. The molecule has 0 aliphatic rings. The molecule has 1 aromatic heterocycles. The van der Waals surface area contributed by atoms with Gasteiger partial charge < -0.3 is 9.30 Å². The van der Waals surface area contributed by atoms with E-state index in [1.807, 2.05) is 41.1 Å². The van der Waals surface area contributed by atoms with Gasteiger partial charge in [-0.25, -0.2) is 9.78 Å². The smallest absolute Gasteiger partial charge is 0.333 e. The number of hydrogen-bond acceptors (Lipinski definition) is 3. The Bertz CT molecular complexity index is 558. The van der Waals surface area contributed by atoms with Crippen LogP contribution in [0.5, 0.6) is 0 Å². The molecule has 0 atom stereocenters. The van der Waals surface area contributed by atoms with Gasteiger partial charge in [-0.1, -0.05) is 24.8 Å². The summed E-state index contributed by atoms with van der Waals surface area (Å²) in [5.74, 6) is -0.399. The van der Waals surface area contributed by atoms with Crippen LogP contribution in [0.3, 0.4) is 0 Å². The zero-order valence-corrected chi connectivity index (χ0v) is 10.2. The second kappa shape index (κ2) is 5.31. The first-order valence-corrected chi connectivity index (χ1v) is 5.58. The first-order valence-electron chi connectivity index (χ1n) is 5.58. The van der Waals surface area contributed by atoms with Gasteiger partial charge in [-0.05, 0) is 19.1 Å². The van der Waals surface area contributed by atoms with Crippen LogP contribution in [0.4, 0.5) is 0 Å². The predicted octanol–water partition coefficient (Wildman–Crippen LogP) is 2.49. The Hall–Kier alpha value is -2.36. The Morgan fingerprint density at radius 2 is 2.11 bits per heavy atom. The van der Waals surface area contributed by atoms with Crippen molar-refractivity contribution in [1.29, 1.82) is 0 Å². The fourth-order valence-corrected chi connectivity index (χ4v) is 1.44. The van der Waals surface area contributed by atoms with Crippen molar-refractivity contribution >= 4 is 5.97 Å². The van der Waals surface area contributed by atoms with Crippen molar-refractivity contribution in [3.05, 3.63) is 60.7 Å². The lowest BCUT2D eigenvalue weighted by Gasteiger charge is -2.01. The van der Waals surface area contributed by atoms with Crippen molar-refractivity contribution in [2.24, 2.45) is 0 Å². The van der Waals surface area contributed by atoms with E-state index >= 15 is 0 Å². The third-order valence-electron chi connectivity index (χ3n) is 2.39. The van der Waals surface area contributed by atoms with Crippen LogP contribution in [0.15, 0.2) is 55.0 Å². The molecule has 0 spiro atoms. The number of esters is 1. The Kier molecular flexibility index (Phi) is 3.57. The van der Waals surface area contributed by atoms with Crippen molar-refractivity contribution in [3.8, 4) is 5.69 Å². The highest BCUT2D eigenvalue weighted by Crippen LogP contribution is 2.09. The normalized spacial score (nSPS) is 10.1. The van der Waals surface area contributed by atoms with E-state index in [-0.39, 0.29) is 6.61 Å². The monoisotopic (exact) mass is 242 g/mol. The van der Waals surface area contributed by atoms with Gasteiger partial charge in [0, 0.05) is 17.5 Å². The Morgan fingerprint density at radius 3 is 2.78 bits per heavy atom. The number of imidazole rings is 1. The van der Waals surface area contributed by atoms with Crippen LogP contribution in [-0.2, 0) is 16.1 Å². The molecule has 92 valence electrons. The summed E-state index contributed by atoms with van der Waals surface area (Å²) in [6.07, 6.45) is 3.53. The molecule has 0 amide bonds. The number of para-hydroxylation sites is 1. The van der Waals surface area contributed by atoms with Crippen molar-refractivity contribution in [1.82, 2.24) is 9.55 Å². The molecule has 2 aromatic rings. The third kappa shape index (κ3) is 2.85. The van der Waals surface area contributed by atoms with Gasteiger partial charge >= 0.3 is 5.97 Å². The minimum atomic E-state index is -0.399. The number of nitrogens with zero attached hydrogens (tertiary/aromatic N) is 2. The summed E-state index contributed by atoms with van der Waals surface area (Å²) < 4.78 is 6.90. The summed E-state index contributed by atoms with van der Waals surface area (Å²) in [5.41, 5.74) is 2.11. The molecule has 2 rings (SSSR count). The maximum atomic E-state index is 11.2. The molecule has 18 heavy (non-hydrogen) atoms. The largest absolute Gasteiger partial charge is 0.456 e. The molecule has 4 nitrogen and oxygen atoms in total. The average Bonchev–Trinajstić information content (AvgIpc) is 2.85. The van der Waals surface area contributed by atoms with Gasteiger partial charge in [-0.15, -0.1) is 0 Å². The number of carbonyl (C=O) groups excluding carboxylic acids is 1. The summed E-state index contributed by atoms with van der Waals surface area (Å²) in [4.78, 5) is 15.4. The first-order chi connectivity index (χ1) is 8.66. The minimum absolute atomic E-state index is 0.158. The Morgan fingerprint density at radius 1 is 1.39 bits per heavy atom. The molecule has 0 N–H and O–H groups in total. The standard InChI is InChI=1S/C14H14N2O2/c1-11(2)14(17)18-9-12-8-16(10-15-12)13-6-4-3-5-7-13/h3-8,10H,1,9H2,2H3. The molecule has 0 saturated carbocycles. The molecular formula is C14H14N2O2. The fraction of sp³-hybridized carbons (Fsp3) is 0.143. The quantitative estimate of drug-likeness (QED) is 0.611. The molecule has 1 heterocycles.